The zero-order valence-electron chi connectivity index (χ0n) is 19.0. The van der Waals surface area contributed by atoms with Gasteiger partial charge in [-0.2, -0.15) is 0 Å². The molecule has 0 fully saturated rings. The number of hydrogen-bond acceptors (Lipinski definition) is 5. The van der Waals surface area contributed by atoms with Crippen molar-refractivity contribution in [3.05, 3.63) is 94.7 Å². The lowest BCUT2D eigenvalue weighted by atomic mass is 9.93. The lowest BCUT2D eigenvalue weighted by molar-refractivity contribution is 0.103. The third-order valence-corrected chi connectivity index (χ3v) is 5.72. The molecule has 0 atom stereocenters. The van der Waals surface area contributed by atoms with Crippen molar-refractivity contribution < 1.29 is 23.5 Å². The van der Waals surface area contributed by atoms with Crippen molar-refractivity contribution in [1.29, 1.82) is 0 Å². The molecule has 33 heavy (non-hydrogen) atoms. The SMILES string of the molecule is CCCCc1oc2cccc(C(=O)c3ccc(OC)cc3)c2c1C(=O)c1ccc(OC)cc1. The number of rotatable bonds is 9. The molecular weight excluding hydrogens is 416 g/mol. The molecule has 0 amide bonds. The summed E-state index contributed by atoms with van der Waals surface area (Å²) in [5.74, 6) is 1.62. The van der Waals surface area contributed by atoms with Gasteiger partial charge in [-0.05, 0) is 61.0 Å². The molecule has 4 rings (SSSR count). The molecule has 1 aromatic heterocycles. The van der Waals surface area contributed by atoms with Gasteiger partial charge in [0.25, 0.3) is 0 Å². The van der Waals surface area contributed by atoms with Crippen LogP contribution in [0.25, 0.3) is 11.0 Å². The Balaban J connectivity index is 1.87. The average Bonchev–Trinajstić information content (AvgIpc) is 3.25. The second-order valence-corrected chi connectivity index (χ2v) is 7.80. The van der Waals surface area contributed by atoms with Crippen LogP contribution in [0.1, 0.15) is 57.4 Å². The van der Waals surface area contributed by atoms with Gasteiger partial charge >= 0.3 is 0 Å². The maximum absolute atomic E-state index is 13.7. The number of aryl methyl sites for hydroxylation is 1. The number of ether oxygens (including phenoxy) is 2. The summed E-state index contributed by atoms with van der Waals surface area (Å²) in [5, 5.41) is 0.560. The maximum atomic E-state index is 13.7. The fourth-order valence-electron chi connectivity index (χ4n) is 3.92. The van der Waals surface area contributed by atoms with E-state index in [1.807, 2.05) is 0 Å². The van der Waals surface area contributed by atoms with Crippen LogP contribution in [0.4, 0.5) is 0 Å². The first-order chi connectivity index (χ1) is 16.1. The van der Waals surface area contributed by atoms with Crippen LogP contribution in [0, 0.1) is 0 Å². The predicted octanol–water partition coefficient (Wildman–Crippen LogP) is 6.25. The summed E-state index contributed by atoms with van der Waals surface area (Å²) in [6, 6.07) is 19.3. The van der Waals surface area contributed by atoms with E-state index in [-0.39, 0.29) is 11.6 Å². The van der Waals surface area contributed by atoms with E-state index in [1.54, 1.807) is 80.9 Å². The minimum absolute atomic E-state index is 0.169. The third kappa shape index (κ3) is 4.40. The van der Waals surface area contributed by atoms with Crippen molar-refractivity contribution in [2.24, 2.45) is 0 Å². The Morgan fingerprint density at radius 1 is 0.788 bits per heavy atom. The first-order valence-electron chi connectivity index (χ1n) is 11.0. The van der Waals surface area contributed by atoms with Crippen molar-refractivity contribution in [3.8, 4) is 11.5 Å². The van der Waals surface area contributed by atoms with Crippen LogP contribution < -0.4 is 9.47 Å². The van der Waals surface area contributed by atoms with E-state index in [4.69, 9.17) is 13.9 Å². The van der Waals surface area contributed by atoms with Gasteiger partial charge in [-0.25, -0.2) is 0 Å². The minimum Gasteiger partial charge on any atom is -0.497 e. The number of benzene rings is 3. The van der Waals surface area contributed by atoms with E-state index in [2.05, 4.69) is 6.92 Å². The van der Waals surface area contributed by atoms with Crippen LogP contribution >= 0.6 is 0 Å². The van der Waals surface area contributed by atoms with Gasteiger partial charge in [-0.3, -0.25) is 9.59 Å². The molecule has 3 aromatic carbocycles. The highest BCUT2D eigenvalue weighted by Gasteiger charge is 2.26. The third-order valence-electron chi connectivity index (χ3n) is 5.72. The number of hydrogen-bond donors (Lipinski definition) is 0. The van der Waals surface area contributed by atoms with Crippen LogP contribution in [0.5, 0.6) is 11.5 Å². The van der Waals surface area contributed by atoms with Gasteiger partial charge in [0, 0.05) is 28.5 Å². The molecule has 0 unspecified atom stereocenters. The predicted molar refractivity (Wildman–Crippen MR) is 128 cm³/mol. The Morgan fingerprint density at radius 2 is 1.36 bits per heavy atom. The summed E-state index contributed by atoms with van der Waals surface area (Å²) < 4.78 is 16.6. The molecule has 0 saturated carbocycles. The lowest BCUT2D eigenvalue weighted by Crippen LogP contribution is -2.07. The van der Waals surface area contributed by atoms with Gasteiger partial charge in [-0.1, -0.05) is 25.5 Å². The lowest BCUT2D eigenvalue weighted by Gasteiger charge is -2.08. The first-order valence-corrected chi connectivity index (χ1v) is 11.0. The fourth-order valence-corrected chi connectivity index (χ4v) is 3.92. The molecule has 0 radical (unpaired) electrons. The number of methoxy groups -OCH3 is 2. The topological polar surface area (TPSA) is 65.7 Å². The van der Waals surface area contributed by atoms with Crippen molar-refractivity contribution in [2.75, 3.05) is 14.2 Å². The van der Waals surface area contributed by atoms with Crippen LogP contribution in [0.3, 0.4) is 0 Å². The van der Waals surface area contributed by atoms with Gasteiger partial charge in [-0.15, -0.1) is 0 Å². The van der Waals surface area contributed by atoms with Crippen LogP contribution in [-0.4, -0.2) is 25.8 Å². The van der Waals surface area contributed by atoms with Crippen molar-refractivity contribution >= 4 is 22.5 Å². The Hall–Kier alpha value is -3.86. The molecule has 0 aliphatic rings. The first kappa shape index (κ1) is 22.3. The monoisotopic (exact) mass is 442 g/mol. The summed E-state index contributed by atoms with van der Waals surface area (Å²) in [5.41, 5.74) is 2.48. The molecular formula is C28H26O5. The highest BCUT2D eigenvalue weighted by atomic mass is 16.5. The summed E-state index contributed by atoms with van der Waals surface area (Å²) in [6.45, 7) is 2.09. The molecule has 0 aliphatic carbocycles. The van der Waals surface area contributed by atoms with Gasteiger partial charge in [0.05, 0.1) is 19.8 Å². The molecule has 0 bridgehead atoms. The van der Waals surface area contributed by atoms with Crippen LogP contribution in [-0.2, 0) is 6.42 Å². The van der Waals surface area contributed by atoms with Gasteiger partial charge in [0.1, 0.15) is 22.8 Å². The van der Waals surface area contributed by atoms with E-state index in [1.165, 1.54) is 0 Å². The zero-order chi connectivity index (χ0) is 23.4. The molecule has 4 aromatic rings. The Bertz CT molecular complexity index is 1280. The Morgan fingerprint density at radius 3 is 1.91 bits per heavy atom. The quantitative estimate of drug-likeness (QED) is 0.287. The smallest absolute Gasteiger partial charge is 0.197 e. The Kier molecular flexibility index (Phi) is 6.59. The van der Waals surface area contributed by atoms with E-state index in [0.29, 0.717) is 56.9 Å². The van der Waals surface area contributed by atoms with Crippen molar-refractivity contribution in [2.45, 2.75) is 26.2 Å². The minimum atomic E-state index is -0.171. The van der Waals surface area contributed by atoms with Crippen LogP contribution in [0.2, 0.25) is 0 Å². The number of ketones is 2. The summed E-state index contributed by atoms with van der Waals surface area (Å²) >= 11 is 0. The highest BCUT2D eigenvalue weighted by Crippen LogP contribution is 2.33. The number of furan rings is 1. The summed E-state index contributed by atoms with van der Waals surface area (Å²) in [7, 11) is 3.16. The summed E-state index contributed by atoms with van der Waals surface area (Å²) in [6.07, 6.45) is 2.47. The second-order valence-electron chi connectivity index (χ2n) is 7.80. The molecule has 168 valence electrons. The van der Waals surface area contributed by atoms with Crippen molar-refractivity contribution in [3.63, 3.8) is 0 Å². The molecule has 0 spiro atoms. The van der Waals surface area contributed by atoms with E-state index in [0.717, 1.165) is 12.8 Å². The van der Waals surface area contributed by atoms with E-state index in [9.17, 15) is 9.59 Å². The molecule has 0 N–H and O–H groups in total. The molecule has 0 saturated heterocycles. The zero-order valence-corrected chi connectivity index (χ0v) is 19.0. The normalized spacial score (nSPS) is 10.9. The highest BCUT2D eigenvalue weighted by molar-refractivity contribution is 6.24. The van der Waals surface area contributed by atoms with Crippen LogP contribution in [0.15, 0.2) is 71.1 Å². The largest absolute Gasteiger partial charge is 0.497 e. The average molecular weight is 443 g/mol. The summed E-state index contributed by atoms with van der Waals surface area (Å²) in [4.78, 5) is 27.1. The van der Waals surface area contributed by atoms with E-state index >= 15 is 0 Å². The molecule has 0 aliphatic heterocycles. The van der Waals surface area contributed by atoms with E-state index < -0.39 is 0 Å². The number of unbranched alkanes of at least 4 members (excludes halogenated alkanes) is 1. The molecule has 5 heteroatoms. The van der Waals surface area contributed by atoms with Gasteiger partial charge in [0.15, 0.2) is 11.6 Å². The van der Waals surface area contributed by atoms with Crippen molar-refractivity contribution in [1.82, 2.24) is 0 Å². The van der Waals surface area contributed by atoms with Gasteiger partial charge < -0.3 is 13.9 Å². The maximum Gasteiger partial charge on any atom is 0.197 e. The molecule has 1 heterocycles. The second kappa shape index (κ2) is 9.74. The number of fused-ring (bicyclic) bond motifs is 1. The number of carbonyl (C=O) groups excluding carboxylic acids is 2. The Labute approximate surface area is 192 Å². The van der Waals surface area contributed by atoms with Gasteiger partial charge in [0.2, 0.25) is 0 Å². The standard InChI is InChI=1S/C28H26O5/c1-4-5-8-24-26(28(30)19-12-16-21(32-3)17-13-19)25-22(7-6-9-23(25)33-24)27(29)18-10-14-20(31-2)15-11-18/h6-7,9-17H,4-5,8H2,1-3H3. The molecule has 5 nitrogen and oxygen atoms in total. The number of carbonyl (C=O) groups is 2. The fraction of sp³-hybridized carbons (Fsp3) is 0.214.